The van der Waals surface area contributed by atoms with Crippen molar-refractivity contribution >= 4 is 17.2 Å². The van der Waals surface area contributed by atoms with E-state index in [9.17, 15) is 4.79 Å². The van der Waals surface area contributed by atoms with Crippen molar-refractivity contribution in [1.29, 1.82) is 0 Å². The molecular formula is C12H19NO2S. The second-order valence-electron chi connectivity index (χ2n) is 4.07. The maximum atomic E-state index is 11.8. The van der Waals surface area contributed by atoms with E-state index in [1.54, 1.807) is 18.3 Å². The number of hydrogen-bond acceptors (Lipinski definition) is 3. The molecule has 0 bridgehead atoms. The van der Waals surface area contributed by atoms with Gasteiger partial charge >= 0.3 is 0 Å². The van der Waals surface area contributed by atoms with E-state index in [4.69, 9.17) is 5.11 Å². The van der Waals surface area contributed by atoms with Gasteiger partial charge in [-0.15, -0.1) is 11.3 Å². The summed E-state index contributed by atoms with van der Waals surface area (Å²) in [6.07, 6.45) is 1.25. The lowest BCUT2D eigenvalue weighted by molar-refractivity contribution is 0.0949. The van der Waals surface area contributed by atoms with Crippen molar-refractivity contribution in [3.8, 4) is 0 Å². The quantitative estimate of drug-likeness (QED) is 0.777. The fraction of sp³-hybridized carbons (Fsp3) is 0.583. The Kier molecular flexibility index (Phi) is 4.96. The summed E-state index contributed by atoms with van der Waals surface area (Å²) in [5, 5.41) is 11.9. The molecule has 1 aromatic rings. The van der Waals surface area contributed by atoms with Gasteiger partial charge in [-0.25, -0.2) is 0 Å². The van der Waals surface area contributed by atoms with Crippen LogP contribution in [0.25, 0.3) is 0 Å². The largest absolute Gasteiger partial charge is 0.393 e. The van der Waals surface area contributed by atoms with Crippen molar-refractivity contribution < 1.29 is 9.90 Å². The molecule has 1 aromatic heterocycles. The normalized spacial score (nSPS) is 12.5. The summed E-state index contributed by atoms with van der Waals surface area (Å²) in [7, 11) is 0. The summed E-state index contributed by atoms with van der Waals surface area (Å²) in [6, 6.07) is 1.92. The van der Waals surface area contributed by atoms with E-state index in [1.807, 2.05) is 19.9 Å². The van der Waals surface area contributed by atoms with Crippen LogP contribution in [-0.2, 0) is 0 Å². The summed E-state index contributed by atoms with van der Waals surface area (Å²) in [4.78, 5) is 14.0. The molecule has 0 radical (unpaired) electrons. The average Bonchev–Trinajstić information content (AvgIpc) is 2.52. The Morgan fingerprint density at radius 1 is 1.56 bits per heavy atom. The second-order valence-corrected chi connectivity index (χ2v) is 5.53. The van der Waals surface area contributed by atoms with E-state index in [-0.39, 0.29) is 12.0 Å². The number of amides is 1. The summed E-state index contributed by atoms with van der Waals surface area (Å²) >= 11 is 1.64. The third-order valence-corrected chi connectivity index (χ3v) is 3.34. The fourth-order valence-corrected chi connectivity index (χ4v) is 2.47. The predicted molar refractivity (Wildman–Crippen MR) is 67.0 cm³/mol. The van der Waals surface area contributed by atoms with E-state index >= 15 is 0 Å². The lowest BCUT2D eigenvalue weighted by Crippen LogP contribution is -2.25. The maximum Gasteiger partial charge on any atom is 0.252 e. The Morgan fingerprint density at radius 2 is 2.25 bits per heavy atom. The molecule has 1 heterocycles. The Bertz CT molecular complexity index is 358. The van der Waals surface area contributed by atoms with Gasteiger partial charge in [-0.1, -0.05) is 0 Å². The first-order valence-electron chi connectivity index (χ1n) is 5.54. The molecule has 1 amide bonds. The van der Waals surface area contributed by atoms with Crippen LogP contribution in [-0.4, -0.2) is 23.7 Å². The molecule has 0 aliphatic rings. The zero-order chi connectivity index (χ0) is 12.1. The van der Waals surface area contributed by atoms with Gasteiger partial charge in [-0.05, 0) is 39.7 Å². The number of aliphatic hydroxyl groups excluding tert-OH is 1. The number of rotatable bonds is 5. The van der Waals surface area contributed by atoms with E-state index in [2.05, 4.69) is 5.32 Å². The Hall–Kier alpha value is -0.870. The van der Waals surface area contributed by atoms with Crippen molar-refractivity contribution in [1.82, 2.24) is 5.32 Å². The van der Waals surface area contributed by atoms with Gasteiger partial charge in [-0.2, -0.15) is 0 Å². The van der Waals surface area contributed by atoms with E-state index in [0.717, 1.165) is 28.2 Å². The molecule has 1 rings (SSSR count). The molecular weight excluding hydrogens is 222 g/mol. The smallest absolute Gasteiger partial charge is 0.252 e. The molecule has 0 aromatic carbocycles. The fourth-order valence-electron chi connectivity index (χ4n) is 1.55. The summed E-state index contributed by atoms with van der Waals surface area (Å²) in [5.41, 5.74) is 0.777. The van der Waals surface area contributed by atoms with Crippen LogP contribution < -0.4 is 5.32 Å². The second kappa shape index (κ2) is 6.01. The lowest BCUT2D eigenvalue weighted by atomic mass is 10.2. The lowest BCUT2D eigenvalue weighted by Gasteiger charge is -2.06. The molecule has 0 fully saturated rings. The average molecular weight is 241 g/mol. The molecule has 0 aliphatic carbocycles. The minimum Gasteiger partial charge on any atom is -0.393 e. The number of carbonyl (C=O) groups excluding carboxylic acids is 1. The first-order valence-corrected chi connectivity index (χ1v) is 6.35. The zero-order valence-corrected chi connectivity index (χ0v) is 10.9. The molecule has 16 heavy (non-hydrogen) atoms. The van der Waals surface area contributed by atoms with Crippen molar-refractivity contribution in [2.45, 2.75) is 39.7 Å². The van der Waals surface area contributed by atoms with Gasteiger partial charge in [0.2, 0.25) is 0 Å². The number of carbonyl (C=O) groups is 1. The van der Waals surface area contributed by atoms with Gasteiger partial charge < -0.3 is 10.4 Å². The third kappa shape index (κ3) is 3.94. The highest BCUT2D eigenvalue weighted by Gasteiger charge is 2.10. The standard InChI is InChI=1S/C12H19NO2S/c1-8(14)5-4-6-13-12(15)11-7-9(2)16-10(11)3/h7-8,14H,4-6H2,1-3H3,(H,13,15). The van der Waals surface area contributed by atoms with E-state index < -0.39 is 0 Å². The SMILES string of the molecule is Cc1cc(C(=O)NCCCC(C)O)c(C)s1. The van der Waals surface area contributed by atoms with Gasteiger partial charge in [0.1, 0.15) is 0 Å². The molecule has 0 saturated heterocycles. The van der Waals surface area contributed by atoms with Crippen molar-refractivity contribution in [3.05, 3.63) is 21.4 Å². The minimum atomic E-state index is -0.290. The first-order chi connectivity index (χ1) is 7.50. The summed E-state index contributed by atoms with van der Waals surface area (Å²) in [5.74, 6) is -0.00700. The van der Waals surface area contributed by atoms with Gasteiger partial charge in [0, 0.05) is 16.3 Å². The number of thiophene rings is 1. The van der Waals surface area contributed by atoms with Gasteiger partial charge in [0.15, 0.2) is 0 Å². The Morgan fingerprint density at radius 3 is 2.75 bits per heavy atom. The summed E-state index contributed by atoms with van der Waals surface area (Å²) in [6.45, 7) is 6.34. The number of aryl methyl sites for hydroxylation is 2. The highest BCUT2D eigenvalue weighted by Crippen LogP contribution is 2.20. The van der Waals surface area contributed by atoms with E-state index in [0.29, 0.717) is 6.54 Å². The van der Waals surface area contributed by atoms with Crippen LogP contribution in [0.3, 0.4) is 0 Å². The highest BCUT2D eigenvalue weighted by molar-refractivity contribution is 7.12. The molecule has 0 spiro atoms. The van der Waals surface area contributed by atoms with Crippen molar-refractivity contribution in [2.24, 2.45) is 0 Å². The van der Waals surface area contributed by atoms with Gasteiger partial charge in [-0.3, -0.25) is 4.79 Å². The molecule has 4 heteroatoms. The van der Waals surface area contributed by atoms with Gasteiger partial charge in [0.25, 0.3) is 5.91 Å². The number of hydrogen-bond donors (Lipinski definition) is 2. The first kappa shape index (κ1) is 13.2. The molecule has 90 valence electrons. The Labute approximate surface area is 100 Å². The molecule has 0 saturated carbocycles. The van der Waals surface area contributed by atoms with Crippen LogP contribution in [0.1, 0.15) is 39.9 Å². The van der Waals surface area contributed by atoms with Crippen LogP contribution in [0.5, 0.6) is 0 Å². The molecule has 3 nitrogen and oxygen atoms in total. The minimum absolute atomic E-state index is 0.00700. The molecule has 1 unspecified atom stereocenters. The topological polar surface area (TPSA) is 49.3 Å². The monoisotopic (exact) mass is 241 g/mol. The molecule has 1 atom stereocenters. The van der Waals surface area contributed by atoms with Crippen LogP contribution >= 0.6 is 11.3 Å². The number of aliphatic hydroxyl groups is 1. The van der Waals surface area contributed by atoms with Crippen LogP contribution in [0, 0.1) is 13.8 Å². The van der Waals surface area contributed by atoms with Crippen LogP contribution in [0.4, 0.5) is 0 Å². The molecule has 0 aliphatic heterocycles. The van der Waals surface area contributed by atoms with E-state index in [1.165, 1.54) is 0 Å². The highest BCUT2D eigenvalue weighted by atomic mass is 32.1. The Balaban J connectivity index is 2.38. The maximum absolute atomic E-state index is 11.8. The van der Waals surface area contributed by atoms with Crippen LogP contribution in [0.15, 0.2) is 6.07 Å². The van der Waals surface area contributed by atoms with Crippen LogP contribution in [0.2, 0.25) is 0 Å². The van der Waals surface area contributed by atoms with Crippen molar-refractivity contribution in [3.63, 3.8) is 0 Å². The van der Waals surface area contributed by atoms with Crippen molar-refractivity contribution in [2.75, 3.05) is 6.54 Å². The third-order valence-electron chi connectivity index (χ3n) is 2.37. The summed E-state index contributed by atoms with van der Waals surface area (Å²) < 4.78 is 0. The predicted octanol–water partition coefficient (Wildman–Crippen LogP) is 2.26. The molecule has 2 N–H and O–H groups in total. The van der Waals surface area contributed by atoms with Gasteiger partial charge in [0.05, 0.1) is 11.7 Å². The number of nitrogens with one attached hydrogen (secondary N) is 1. The zero-order valence-electron chi connectivity index (χ0n) is 10.0.